The molecule has 7 nitrogen and oxygen atoms in total. The van der Waals surface area contributed by atoms with Gasteiger partial charge in [0.05, 0.1) is 19.1 Å². The highest BCUT2D eigenvalue weighted by atomic mass is 16.5. The maximum atomic E-state index is 11.9. The first-order chi connectivity index (χ1) is 9.54. The molecule has 0 saturated heterocycles. The zero-order valence-electron chi connectivity index (χ0n) is 11.7. The van der Waals surface area contributed by atoms with Gasteiger partial charge in [-0.1, -0.05) is 0 Å². The Hall–Kier alpha value is -2.02. The Morgan fingerprint density at radius 2 is 2.30 bits per heavy atom. The maximum absolute atomic E-state index is 11.9. The molecule has 112 valence electrons. The minimum atomic E-state index is -1.05. The molecule has 1 aromatic rings. The Balaban J connectivity index is 2.45. The van der Waals surface area contributed by atoms with Crippen molar-refractivity contribution in [2.24, 2.45) is 0 Å². The number of nitrogens with zero attached hydrogens (tertiary/aromatic N) is 1. The van der Waals surface area contributed by atoms with Crippen LogP contribution in [-0.2, 0) is 16.1 Å². The predicted octanol–water partition coefficient (Wildman–Crippen LogP) is 1.30. The number of hydrogen-bond acceptors (Lipinski definition) is 4. The van der Waals surface area contributed by atoms with E-state index in [2.05, 4.69) is 5.32 Å². The molecule has 0 bridgehead atoms. The van der Waals surface area contributed by atoms with Gasteiger partial charge in [0.15, 0.2) is 0 Å². The average Bonchev–Trinajstić information content (AvgIpc) is 2.90. The number of nitrogens with one attached hydrogen (secondary N) is 1. The zero-order chi connectivity index (χ0) is 15.0. The lowest BCUT2D eigenvalue weighted by molar-refractivity contribution is -0.139. The Labute approximate surface area is 117 Å². The molecule has 0 radical (unpaired) electrons. The fourth-order valence-corrected chi connectivity index (χ4v) is 1.68. The van der Waals surface area contributed by atoms with Gasteiger partial charge >= 0.3 is 12.0 Å². The van der Waals surface area contributed by atoms with Gasteiger partial charge in [0, 0.05) is 26.3 Å². The highest BCUT2D eigenvalue weighted by molar-refractivity contribution is 5.82. The summed E-state index contributed by atoms with van der Waals surface area (Å²) in [5.41, 5.74) is 0.842. The Morgan fingerprint density at radius 3 is 2.85 bits per heavy atom. The fraction of sp³-hybridized carbons (Fsp3) is 0.538. The Bertz CT molecular complexity index is 418. The molecule has 0 saturated carbocycles. The number of rotatable bonds is 8. The van der Waals surface area contributed by atoms with Crippen molar-refractivity contribution in [1.29, 1.82) is 0 Å². The number of carboxylic acids is 1. The largest absolute Gasteiger partial charge is 0.480 e. The summed E-state index contributed by atoms with van der Waals surface area (Å²) >= 11 is 0. The lowest BCUT2D eigenvalue weighted by Crippen LogP contribution is -2.46. The van der Waals surface area contributed by atoms with E-state index in [9.17, 15) is 9.59 Å². The van der Waals surface area contributed by atoms with Gasteiger partial charge in [-0.3, -0.25) is 0 Å². The van der Waals surface area contributed by atoms with E-state index in [0.717, 1.165) is 5.56 Å². The van der Waals surface area contributed by atoms with E-state index in [-0.39, 0.29) is 0 Å². The van der Waals surface area contributed by atoms with Crippen molar-refractivity contribution in [2.45, 2.75) is 25.4 Å². The molecule has 0 spiro atoms. The van der Waals surface area contributed by atoms with Gasteiger partial charge in [-0.05, 0) is 18.9 Å². The van der Waals surface area contributed by atoms with E-state index in [1.807, 2.05) is 0 Å². The lowest BCUT2D eigenvalue weighted by Gasteiger charge is -2.20. The van der Waals surface area contributed by atoms with Crippen molar-refractivity contribution in [3.05, 3.63) is 24.2 Å². The van der Waals surface area contributed by atoms with Gasteiger partial charge in [0.25, 0.3) is 0 Å². The van der Waals surface area contributed by atoms with Crippen LogP contribution in [0, 0.1) is 0 Å². The second-order valence-electron chi connectivity index (χ2n) is 4.46. The lowest BCUT2D eigenvalue weighted by atomic mass is 10.1. The summed E-state index contributed by atoms with van der Waals surface area (Å²) in [6.45, 7) is 0.817. The van der Waals surface area contributed by atoms with E-state index >= 15 is 0 Å². The first-order valence-corrected chi connectivity index (χ1v) is 6.29. The molecule has 1 rings (SSSR count). The second-order valence-corrected chi connectivity index (χ2v) is 4.46. The molecule has 0 aliphatic carbocycles. The van der Waals surface area contributed by atoms with Crippen LogP contribution in [0.3, 0.4) is 0 Å². The van der Waals surface area contributed by atoms with E-state index in [1.54, 1.807) is 20.2 Å². The summed E-state index contributed by atoms with van der Waals surface area (Å²) in [4.78, 5) is 24.4. The smallest absolute Gasteiger partial charge is 0.326 e. The molecule has 0 aliphatic rings. The van der Waals surface area contributed by atoms with Gasteiger partial charge < -0.3 is 24.5 Å². The van der Waals surface area contributed by atoms with Crippen LogP contribution in [0.15, 0.2) is 23.0 Å². The minimum Gasteiger partial charge on any atom is -0.480 e. The van der Waals surface area contributed by atoms with Crippen LogP contribution in [0.4, 0.5) is 4.79 Å². The number of methoxy groups -OCH3 is 1. The number of aliphatic carboxylic acids is 1. The third kappa shape index (κ3) is 5.31. The summed E-state index contributed by atoms with van der Waals surface area (Å²) < 4.78 is 9.78. The molecule has 2 amide bonds. The number of hydrogen-bond donors (Lipinski definition) is 2. The van der Waals surface area contributed by atoms with E-state index in [4.69, 9.17) is 14.3 Å². The molecule has 0 aromatic carbocycles. The van der Waals surface area contributed by atoms with Crippen molar-refractivity contribution in [2.75, 3.05) is 20.8 Å². The molecule has 0 fully saturated rings. The highest BCUT2D eigenvalue weighted by Gasteiger charge is 2.21. The molecule has 1 unspecified atom stereocenters. The number of amides is 2. The van der Waals surface area contributed by atoms with Crippen LogP contribution in [0.5, 0.6) is 0 Å². The second kappa shape index (κ2) is 8.21. The number of carboxylic acid groups (broad SMARTS) is 1. The standard InChI is InChI=1S/C13H20N2O5/c1-15(8-10-5-7-20-9-10)13(18)14-11(12(16)17)4-3-6-19-2/h5,7,9,11H,3-4,6,8H2,1-2H3,(H,14,18)(H,16,17). The van der Waals surface area contributed by atoms with Crippen molar-refractivity contribution >= 4 is 12.0 Å². The van der Waals surface area contributed by atoms with Gasteiger partial charge in [0.2, 0.25) is 0 Å². The van der Waals surface area contributed by atoms with Crippen LogP contribution in [0.2, 0.25) is 0 Å². The van der Waals surface area contributed by atoms with Gasteiger partial charge in [-0.2, -0.15) is 0 Å². The topological polar surface area (TPSA) is 92.0 Å². The number of carbonyl (C=O) groups excluding carboxylic acids is 1. The summed E-state index contributed by atoms with van der Waals surface area (Å²) in [5.74, 6) is -1.05. The zero-order valence-corrected chi connectivity index (χ0v) is 11.7. The monoisotopic (exact) mass is 284 g/mol. The van der Waals surface area contributed by atoms with Crippen molar-refractivity contribution in [3.63, 3.8) is 0 Å². The van der Waals surface area contributed by atoms with E-state index in [1.165, 1.54) is 17.4 Å². The van der Waals surface area contributed by atoms with Gasteiger partial charge in [-0.25, -0.2) is 9.59 Å². The van der Waals surface area contributed by atoms with Crippen LogP contribution < -0.4 is 5.32 Å². The van der Waals surface area contributed by atoms with Gasteiger partial charge in [-0.15, -0.1) is 0 Å². The molecular weight excluding hydrogens is 264 g/mol. The molecule has 1 atom stereocenters. The van der Waals surface area contributed by atoms with Crippen molar-refractivity contribution < 1.29 is 23.8 Å². The maximum Gasteiger partial charge on any atom is 0.326 e. The molecule has 2 N–H and O–H groups in total. The molecule has 20 heavy (non-hydrogen) atoms. The number of ether oxygens (including phenoxy) is 1. The number of carbonyl (C=O) groups is 2. The molecule has 7 heteroatoms. The summed E-state index contributed by atoms with van der Waals surface area (Å²) in [6.07, 6.45) is 3.95. The third-order valence-corrected chi connectivity index (χ3v) is 2.78. The molecule has 1 aromatic heterocycles. The average molecular weight is 284 g/mol. The normalized spacial score (nSPS) is 11.9. The quantitative estimate of drug-likeness (QED) is 0.702. The van der Waals surface area contributed by atoms with Crippen LogP contribution in [-0.4, -0.2) is 48.8 Å². The summed E-state index contributed by atoms with van der Waals surface area (Å²) in [5, 5.41) is 11.6. The number of furan rings is 1. The van der Waals surface area contributed by atoms with Crippen molar-refractivity contribution in [3.8, 4) is 0 Å². The minimum absolute atomic E-state index is 0.328. The van der Waals surface area contributed by atoms with E-state index in [0.29, 0.717) is 26.0 Å². The number of urea groups is 1. The third-order valence-electron chi connectivity index (χ3n) is 2.78. The first-order valence-electron chi connectivity index (χ1n) is 6.29. The summed E-state index contributed by atoms with van der Waals surface area (Å²) in [7, 11) is 3.14. The van der Waals surface area contributed by atoms with Crippen LogP contribution in [0.25, 0.3) is 0 Å². The van der Waals surface area contributed by atoms with Gasteiger partial charge in [0.1, 0.15) is 6.04 Å². The fourth-order valence-electron chi connectivity index (χ4n) is 1.68. The van der Waals surface area contributed by atoms with Crippen molar-refractivity contribution in [1.82, 2.24) is 10.2 Å². The Morgan fingerprint density at radius 1 is 1.55 bits per heavy atom. The molecule has 0 aliphatic heterocycles. The van der Waals surface area contributed by atoms with Crippen LogP contribution in [0.1, 0.15) is 18.4 Å². The van der Waals surface area contributed by atoms with E-state index < -0.39 is 18.0 Å². The first kappa shape index (κ1) is 16.0. The van der Waals surface area contributed by atoms with Crippen LogP contribution >= 0.6 is 0 Å². The highest BCUT2D eigenvalue weighted by Crippen LogP contribution is 2.05. The summed E-state index contributed by atoms with van der Waals surface area (Å²) in [6, 6.07) is 0.400. The Kier molecular flexibility index (Phi) is 6.58. The SMILES string of the molecule is COCCCC(NC(=O)N(C)Cc1ccoc1)C(=O)O. The molecular formula is C13H20N2O5. The predicted molar refractivity (Wildman–Crippen MR) is 71.2 cm³/mol. The molecule has 1 heterocycles.